The number of hydrogen-bond donors (Lipinski definition) is 2. The van der Waals surface area contributed by atoms with Gasteiger partial charge in [0.15, 0.2) is 0 Å². The molecule has 1 unspecified atom stereocenters. The van der Waals surface area contributed by atoms with Gasteiger partial charge in [-0.1, -0.05) is 20.8 Å². The highest BCUT2D eigenvalue weighted by Gasteiger charge is 2.18. The van der Waals surface area contributed by atoms with Crippen LogP contribution in [0.5, 0.6) is 0 Å². The highest BCUT2D eigenvalue weighted by Crippen LogP contribution is 2.15. The van der Waals surface area contributed by atoms with Crippen molar-refractivity contribution in [1.29, 1.82) is 0 Å². The van der Waals surface area contributed by atoms with E-state index in [1.165, 1.54) is 12.3 Å². The lowest BCUT2D eigenvalue weighted by molar-refractivity contribution is 0.272. The maximum atomic E-state index is 12.0. The summed E-state index contributed by atoms with van der Waals surface area (Å²) in [6.07, 6.45) is 1.51. The Morgan fingerprint density at radius 2 is 2.00 bits per heavy atom. The number of nitrogens with one attached hydrogen (secondary N) is 1. The largest absolute Gasteiger partial charge is 0.390 e. The molecule has 1 aromatic heterocycles. The molecule has 6 heteroatoms. The van der Waals surface area contributed by atoms with E-state index >= 15 is 0 Å². The summed E-state index contributed by atoms with van der Waals surface area (Å²) in [5, 5.41) is 9.05. The van der Waals surface area contributed by atoms with Crippen LogP contribution in [0, 0.1) is 11.8 Å². The third kappa shape index (κ3) is 3.57. The number of hydrogen-bond acceptors (Lipinski definition) is 3. The number of aryl methyl sites for hydroxylation is 1. The predicted octanol–water partition coefficient (Wildman–Crippen LogP) is 1.09. The Hall–Kier alpha value is -0.850. The molecule has 1 rings (SSSR count). The SMILES string of the molecule is CC(C)C(C)CNS(=O)(=O)c1cc(CO)n(C)c1. The van der Waals surface area contributed by atoms with E-state index in [0.29, 0.717) is 18.2 Å². The maximum Gasteiger partial charge on any atom is 0.242 e. The van der Waals surface area contributed by atoms with E-state index in [9.17, 15) is 8.42 Å². The third-order valence-electron chi connectivity index (χ3n) is 3.29. The van der Waals surface area contributed by atoms with Crippen LogP contribution in [0.15, 0.2) is 17.2 Å². The van der Waals surface area contributed by atoms with Crippen LogP contribution >= 0.6 is 0 Å². The minimum atomic E-state index is -3.48. The van der Waals surface area contributed by atoms with Crippen molar-refractivity contribution in [3.8, 4) is 0 Å². The van der Waals surface area contributed by atoms with Gasteiger partial charge in [0.05, 0.1) is 11.5 Å². The Balaban J connectivity index is 2.80. The van der Waals surface area contributed by atoms with E-state index in [4.69, 9.17) is 5.11 Å². The zero-order valence-electron chi connectivity index (χ0n) is 11.3. The van der Waals surface area contributed by atoms with Crippen LogP contribution in [0.25, 0.3) is 0 Å². The first-order valence-electron chi connectivity index (χ1n) is 6.03. The van der Waals surface area contributed by atoms with Crippen molar-refractivity contribution in [2.75, 3.05) is 6.54 Å². The quantitative estimate of drug-likeness (QED) is 0.815. The fourth-order valence-electron chi connectivity index (χ4n) is 1.44. The first kappa shape index (κ1) is 15.2. The van der Waals surface area contributed by atoms with Crippen molar-refractivity contribution >= 4 is 10.0 Å². The maximum absolute atomic E-state index is 12.0. The highest BCUT2D eigenvalue weighted by atomic mass is 32.2. The van der Waals surface area contributed by atoms with E-state index in [-0.39, 0.29) is 17.4 Å². The Labute approximate surface area is 109 Å². The van der Waals surface area contributed by atoms with Crippen molar-refractivity contribution in [2.24, 2.45) is 18.9 Å². The number of aliphatic hydroxyl groups excluding tert-OH is 1. The van der Waals surface area contributed by atoms with Gasteiger partial charge in [-0.25, -0.2) is 13.1 Å². The Morgan fingerprint density at radius 1 is 1.39 bits per heavy atom. The molecule has 0 aromatic carbocycles. The zero-order valence-corrected chi connectivity index (χ0v) is 12.2. The van der Waals surface area contributed by atoms with E-state index in [1.807, 2.05) is 6.92 Å². The molecular weight excluding hydrogens is 252 g/mol. The normalized spacial score (nSPS) is 14.1. The van der Waals surface area contributed by atoms with Crippen LogP contribution in [-0.2, 0) is 23.7 Å². The zero-order chi connectivity index (χ0) is 13.9. The van der Waals surface area contributed by atoms with Crippen molar-refractivity contribution in [2.45, 2.75) is 32.3 Å². The average molecular weight is 274 g/mol. The molecule has 0 bridgehead atoms. The van der Waals surface area contributed by atoms with E-state index in [2.05, 4.69) is 18.6 Å². The minimum Gasteiger partial charge on any atom is -0.390 e. The summed E-state index contributed by atoms with van der Waals surface area (Å²) in [5.41, 5.74) is 0.576. The van der Waals surface area contributed by atoms with E-state index < -0.39 is 10.0 Å². The van der Waals surface area contributed by atoms with Crippen LogP contribution in [0.4, 0.5) is 0 Å². The molecule has 1 heterocycles. The van der Waals surface area contributed by atoms with Gasteiger partial charge in [-0.15, -0.1) is 0 Å². The fourth-order valence-corrected chi connectivity index (χ4v) is 2.68. The molecule has 1 aromatic rings. The van der Waals surface area contributed by atoms with Crippen molar-refractivity contribution in [1.82, 2.24) is 9.29 Å². The predicted molar refractivity (Wildman–Crippen MR) is 70.5 cm³/mol. The van der Waals surface area contributed by atoms with Crippen LogP contribution in [0.1, 0.15) is 26.5 Å². The molecule has 0 saturated heterocycles. The summed E-state index contributed by atoms with van der Waals surface area (Å²) >= 11 is 0. The van der Waals surface area contributed by atoms with Gasteiger partial charge in [0.25, 0.3) is 0 Å². The van der Waals surface area contributed by atoms with Gasteiger partial charge < -0.3 is 9.67 Å². The molecule has 0 aliphatic heterocycles. The van der Waals surface area contributed by atoms with Crippen molar-refractivity contribution in [3.63, 3.8) is 0 Å². The number of aliphatic hydroxyl groups is 1. The van der Waals surface area contributed by atoms with Gasteiger partial charge in [-0.2, -0.15) is 0 Å². The van der Waals surface area contributed by atoms with Crippen LogP contribution < -0.4 is 4.72 Å². The monoisotopic (exact) mass is 274 g/mol. The third-order valence-corrected chi connectivity index (χ3v) is 4.68. The molecule has 0 amide bonds. The second-order valence-corrected chi connectivity index (χ2v) is 6.78. The molecule has 0 fully saturated rings. The average Bonchev–Trinajstić information content (AvgIpc) is 2.68. The summed E-state index contributed by atoms with van der Waals surface area (Å²) in [5.74, 6) is 0.706. The number of nitrogens with zero attached hydrogens (tertiary/aromatic N) is 1. The highest BCUT2D eigenvalue weighted by molar-refractivity contribution is 7.89. The first-order chi connectivity index (χ1) is 8.27. The van der Waals surface area contributed by atoms with Gasteiger partial charge >= 0.3 is 0 Å². The smallest absolute Gasteiger partial charge is 0.242 e. The molecule has 5 nitrogen and oxygen atoms in total. The lowest BCUT2D eigenvalue weighted by Crippen LogP contribution is -2.30. The molecule has 18 heavy (non-hydrogen) atoms. The second kappa shape index (κ2) is 5.86. The molecule has 2 N–H and O–H groups in total. The summed E-state index contributed by atoms with van der Waals surface area (Å²) in [6.45, 7) is 6.38. The van der Waals surface area contributed by atoms with Gasteiger partial charge in [-0.05, 0) is 17.9 Å². The number of rotatable bonds is 6. The standard InChI is InChI=1S/C12H22N2O3S/c1-9(2)10(3)6-13-18(16,17)12-5-11(8-15)14(4)7-12/h5,7,9-10,13,15H,6,8H2,1-4H3. The molecule has 104 valence electrons. The molecule has 0 aliphatic rings. The lowest BCUT2D eigenvalue weighted by atomic mass is 9.99. The van der Waals surface area contributed by atoms with E-state index in [0.717, 1.165) is 0 Å². The summed E-state index contributed by atoms with van der Waals surface area (Å²) in [7, 11) is -1.77. The Kier molecular flexibility index (Phi) is 4.95. The summed E-state index contributed by atoms with van der Waals surface area (Å²) in [4.78, 5) is 0.199. The Morgan fingerprint density at radius 3 is 2.44 bits per heavy atom. The van der Waals surface area contributed by atoms with Crippen molar-refractivity contribution in [3.05, 3.63) is 18.0 Å². The van der Waals surface area contributed by atoms with Crippen molar-refractivity contribution < 1.29 is 13.5 Å². The molecule has 0 aliphatic carbocycles. The minimum absolute atomic E-state index is 0.172. The van der Waals surface area contributed by atoms with Gasteiger partial charge in [0.2, 0.25) is 10.0 Å². The molecule has 0 radical (unpaired) electrons. The summed E-state index contributed by atoms with van der Waals surface area (Å²) < 4.78 is 28.3. The fraction of sp³-hybridized carbons (Fsp3) is 0.667. The first-order valence-corrected chi connectivity index (χ1v) is 7.52. The number of sulfonamides is 1. The summed E-state index contributed by atoms with van der Waals surface area (Å²) in [6, 6.07) is 1.49. The molecule has 0 spiro atoms. The molecule has 1 atom stereocenters. The molecular formula is C12H22N2O3S. The number of aromatic nitrogens is 1. The van der Waals surface area contributed by atoms with Gasteiger partial charge in [0, 0.05) is 25.5 Å². The topological polar surface area (TPSA) is 71.3 Å². The van der Waals surface area contributed by atoms with Crippen LogP contribution in [-0.4, -0.2) is 24.6 Å². The van der Waals surface area contributed by atoms with Crippen LogP contribution in [0.3, 0.4) is 0 Å². The van der Waals surface area contributed by atoms with Gasteiger partial charge in [-0.3, -0.25) is 0 Å². The van der Waals surface area contributed by atoms with E-state index in [1.54, 1.807) is 11.6 Å². The van der Waals surface area contributed by atoms with Gasteiger partial charge in [0.1, 0.15) is 0 Å². The van der Waals surface area contributed by atoms with Crippen LogP contribution in [0.2, 0.25) is 0 Å². The second-order valence-electron chi connectivity index (χ2n) is 5.01. The molecule has 0 saturated carbocycles. The Bertz CT molecular complexity index is 491. The lowest BCUT2D eigenvalue weighted by Gasteiger charge is -2.15.